The van der Waals surface area contributed by atoms with Gasteiger partial charge in [0.2, 0.25) is 0 Å². The second-order valence-electron chi connectivity index (χ2n) is 5.76. The highest BCUT2D eigenvalue weighted by Crippen LogP contribution is 2.09. The Morgan fingerprint density at radius 1 is 1.06 bits per heavy atom. The summed E-state index contributed by atoms with van der Waals surface area (Å²) < 4.78 is 0. The normalized spacial score (nSPS) is 16.1. The first-order chi connectivity index (χ1) is 7.38. The van der Waals surface area contributed by atoms with Gasteiger partial charge in [-0.1, -0.05) is 27.7 Å². The van der Waals surface area contributed by atoms with Crippen LogP contribution in [-0.2, 0) is 0 Å². The van der Waals surface area contributed by atoms with E-state index in [-0.39, 0.29) is 0 Å². The van der Waals surface area contributed by atoms with Gasteiger partial charge in [-0.3, -0.25) is 0 Å². The zero-order chi connectivity index (χ0) is 12.7. The number of nitrogens with zero attached hydrogens (tertiary/aromatic N) is 1. The van der Waals surface area contributed by atoms with E-state index in [1.165, 1.54) is 0 Å². The molecule has 16 heavy (non-hydrogen) atoms. The Balaban J connectivity index is 4.09. The highest BCUT2D eigenvalue weighted by molar-refractivity contribution is 4.76. The average Bonchev–Trinajstić information content (AvgIpc) is 2.15. The smallest absolute Gasteiger partial charge is 0.0217 e. The summed E-state index contributed by atoms with van der Waals surface area (Å²) in [5.41, 5.74) is 5.79. The van der Waals surface area contributed by atoms with E-state index in [1.807, 2.05) is 0 Å². The maximum Gasteiger partial charge on any atom is 0.0217 e. The van der Waals surface area contributed by atoms with Gasteiger partial charge in [-0.05, 0) is 44.9 Å². The molecule has 0 fully saturated rings. The van der Waals surface area contributed by atoms with E-state index >= 15 is 0 Å². The monoisotopic (exact) mass is 229 g/mol. The fourth-order valence-corrected chi connectivity index (χ4v) is 1.80. The summed E-state index contributed by atoms with van der Waals surface area (Å²) in [5, 5.41) is 3.66. The molecule has 2 atom stereocenters. The van der Waals surface area contributed by atoms with Crippen molar-refractivity contribution in [1.82, 2.24) is 10.2 Å². The quantitative estimate of drug-likeness (QED) is 0.661. The predicted octanol–water partition coefficient (Wildman–Crippen LogP) is 1.39. The van der Waals surface area contributed by atoms with Crippen LogP contribution in [0.5, 0.6) is 0 Å². The molecule has 0 radical (unpaired) electrons. The highest BCUT2D eigenvalue weighted by Gasteiger charge is 2.17. The second kappa shape index (κ2) is 8.04. The van der Waals surface area contributed by atoms with Crippen LogP contribution in [0.1, 0.15) is 27.7 Å². The third-order valence-electron chi connectivity index (χ3n) is 3.25. The highest BCUT2D eigenvalue weighted by atomic mass is 15.1. The van der Waals surface area contributed by atoms with Crippen molar-refractivity contribution in [3.63, 3.8) is 0 Å². The zero-order valence-electron chi connectivity index (χ0n) is 12.0. The van der Waals surface area contributed by atoms with E-state index in [1.54, 1.807) is 0 Å². The number of likely N-dealkylation sites (N-methyl/N-ethyl adjacent to an activating group) is 1. The summed E-state index contributed by atoms with van der Waals surface area (Å²) >= 11 is 0. The fraction of sp³-hybridized carbons (Fsp3) is 1.00. The summed E-state index contributed by atoms with van der Waals surface area (Å²) in [6.45, 7) is 11.9. The van der Waals surface area contributed by atoms with Crippen molar-refractivity contribution in [3.05, 3.63) is 0 Å². The molecule has 0 aliphatic rings. The Bertz CT molecular complexity index is 167. The molecule has 0 aromatic heterocycles. The van der Waals surface area contributed by atoms with Gasteiger partial charge in [-0.25, -0.2) is 0 Å². The molecule has 0 bridgehead atoms. The Morgan fingerprint density at radius 2 is 1.62 bits per heavy atom. The number of hydrogen-bond acceptors (Lipinski definition) is 3. The van der Waals surface area contributed by atoms with E-state index in [9.17, 15) is 0 Å². The van der Waals surface area contributed by atoms with Gasteiger partial charge >= 0.3 is 0 Å². The van der Waals surface area contributed by atoms with Crippen LogP contribution in [0.25, 0.3) is 0 Å². The fourth-order valence-electron chi connectivity index (χ4n) is 1.80. The minimum Gasteiger partial charge on any atom is -0.330 e. The zero-order valence-corrected chi connectivity index (χ0v) is 12.0. The Morgan fingerprint density at radius 3 is 1.94 bits per heavy atom. The first kappa shape index (κ1) is 15.9. The summed E-state index contributed by atoms with van der Waals surface area (Å²) in [6.07, 6.45) is 0. The molecule has 0 aliphatic carbocycles. The van der Waals surface area contributed by atoms with Crippen LogP contribution in [0.15, 0.2) is 0 Å². The van der Waals surface area contributed by atoms with Crippen molar-refractivity contribution in [2.75, 3.05) is 33.7 Å². The van der Waals surface area contributed by atoms with Crippen LogP contribution in [0.2, 0.25) is 0 Å². The molecule has 3 heteroatoms. The largest absolute Gasteiger partial charge is 0.330 e. The van der Waals surface area contributed by atoms with Crippen LogP contribution >= 0.6 is 0 Å². The maximum atomic E-state index is 5.79. The topological polar surface area (TPSA) is 41.3 Å². The lowest BCUT2D eigenvalue weighted by Crippen LogP contribution is -2.45. The molecule has 0 aromatic carbocycles. The molecule has 0 heterocycles. The van der Waals surface area contributed by atoms with E-state index in [2.05, 4.69) is 52.0 Å². The van der Waals surface area contributed by atoms with Crippen LogP contribution < -0.4 is 11.1 Å². The van der Waals surface area contributed by atoms with Gasteiger partial charge in [0.1, 0.15) is 0 Å². The average molecular weight is 229 g/mol. The molecule has 2 unspecified atom stereocenters. The van der Waals surface area contributed by atoms with Gasteiger partial charge < -0.3 is 16.0 Å². The third-order valence-corrected chi connectivity index (χ3v) is 3.25. The second-order valence-corrected chi connectivity index (χ2v) is 5.76. The van der Waals surface area contributed by atoms with Crippen LogP contribution in [0.3, 0.4) is 0 Å². The van der Waals surface area contributed by atoms with Crippen molar-refractivity contribution in [3.8, 4) is 0 Å². The SMILES string of the molecule is CC(C)C(CN)CNC(CN(C)C)C(C)C. The molecule has 0 spiro atoms. The van der Waals surface area contributed by atoms with Crippen molar-refractivity contribution >= 4 is 0 Å². The lowest BCUT2D eigenvalue weighted by atomic mass is 9.94. The molecule has 0 saturated heterocycles. The van der Waals surface area contributed by atoms with Gasteiger partial charge in [0.25, 0.3) is 0 Å². The lowest BCUT2D eigenvalue weighted by Gasteiger charge is -2.29. The van der Waals surface area contributed by atoms with Crippen molar-refractivity contribution in [2.24, 2.45) is 23.5 Å². The van der Waals surface area contributed by atoms with Crippen LogP contribution in [0, 0.1) is 17.8 Å². The van der Waals surface area contributed by atoms with Crippen molar-refractivity contribution < 1.29 is 0 Å². The number of nitrogens with two attached hydrogens (primary N) is 1. The van der Waals surface area contributed by atoms with E-state index < -0.39 is 0 Å². The molecular formula is C13H31N3. The first-order valence-corrected chi connectivity index (χ1v) is 6.46. The molecule has 0 aliphatic heterocycles. The van der Waals surface area contributed by atoms with Gasteiger partial charge in [-0.15, -0.1) is 0 Å². The van der Waals surface area contributed by atoms with Crippen molar-refractivity contribution in [1.29, 1.82) is 0 Å². The van der Waals surface area contributed by atoms with Gasteiger partial charge in [0, 0.05) is 12.6 Å². The molecule has 0 amide bonds. The molecular weight excluding hydrogens is 198 g/mol. The Hall–Kier alpha value is -0.120. The molecule has 98 valence electrons. The Labute approximate surface area is 102 Å². The maximum absolute atomic E-state index is 5.79. The van der Waals surface area contributed by atoms with Crippen molar-refractivity contribution in [2.45, 2.75) is 33.7 Å². The van der Waals surface area contributed by atoms with Gasteiger partial charge in [0.15, 0.2) is 0 Å². The molecule has 0 aromatic rings. The molecule has 3 N–H and O–H groups in total. The number of nitrogens with one attached hydrogen (secondary N) is 1. The van der Waals surface area contributed by atoms with Crippen LogP contribution in [0.4, 0.5) is 0 Å². The van der Waals surface area contributed by atoms with E-state index in [0.29, 0.717) is 23.8 Å². The summed E-state index contributed by atoms with van der Waals surface area (Å²) in [6, 6.07) is 0.558. The van der Waals surface area contributed by atoms with Crippen LogP contribution in [-0.4, -0.2) is 44.7 Å². The third kappa shape index (κ3) is 6.46. The molecule has 3 nitrogen and oxygen atoms in total. The minimum atomic E-state index is 0.558. The summed E-state index contributed by atoms with van der Waals surface area (Å²) in [5.74, 6) is 1.90. The first-order valence-electron chi connectivity index (χ1n) is 6.46. The van der Waals surface area contributed by atoms with Gasteiger partial charge in [0.05, 0.1) is 0 Å². The summed E-state index contributed by atoms with van der Waals surface area (Å²) in [4.78, 5) is 2.24. The predicted molar refractivity (Wildman–Crippen MR) is 72.6 cm³/mol. The number of hydrogen-bond donors (Lipinski definition) is 2. The van der Waals surface area contributed by atoms with E-state index in [0.717, 1.165) is 19.6 Å². The molecule has 0 rings (SSSR count). The standard InChI is InChI=1S/C13H31N3/c1-10(2)12(7-14)8-15-13(11(3)4)9-16(5)6/h10-13,15H,7-9,14H2,1-6H3. The minimum absolute atomic E-state index is 0.558. The number of rotatable bonds is 8. The van der Waals surface area contributed by atoms with Gasteiger partial charge in [-0.2, -0.15) is 0 Å². The summed E-state index contributed by atoms with van der Waals surface area (Å²) in [7, 11) is 4.25. The lowest BCUT2D eigenvalue weighted by molar-refractivity contribution is 0.264. The Kier molecular flexibility index (Phi) is 7.98. The molecule has 0 saturated carbocycles. The van der Waals surface area contributed by atoms with E-state index in [4.69, 9.17) is 5.73 Å².